The predicted molar refractivity (Wildman–Crippen MR) is 112 cm³/mol. The molecule has 0 bridgehead atoms. The molecule has 25 heavy (non-hydrogen) atoms. The van der Waals surface area contributed by atoms with Gasteiger partial charge in [-0.1, -0.05) is 30.3 Å². The molecular weight excluding hydrogens is 429 g/mol. The van der Waals surface area contributed by atoms with Crippen LogP contribution in [0, 0.1) is 5.92 Å². The van der Waals surface area contributed by atoms with Crippen LogP contribution < -0.4 is 5.32 Å². The van der Waals surface area contributed by atoms with Gasteiger partial charge in [-0.05, 0) is 38.7 Å². The Bertz CT molecular complexity index is 537. The summed E-state index contributed by atoms with van der Waals surface area (Å²) in [7, 11) is 0. The number of hydrogen-bond acceptors (Lipinski definition) is 3. The summed E-state index contributed by atoms with van der Waals surface area (Å²) in [5, 5.41) is 3.35. The number of likely N-dealkylation sites (tertiary alicyclic amines) is 1. The van der Waals surface area contributed by atoms with Crippen molar-refractivity contribution in [2.45, 2.75) is 33.1 Å². The van der Waals surface area contributed by atoms with E-state index in [0.717, 1.165) is 44.9 Å². The number of nitrogens with zero attached hydrogens (tertiary/aromatic N) is 2. The normalized spacial score (nSPS) is 17.6. The van der Waals surface area contributed by atoms with Crippen molar-refractivity contribution in [3.05, 3.63) is 35.9 Å². The van der Waals surface area contributed by atoms with Crippen LogP contribution >= 0.6 is 24.0 Å². The Morgan fingerprint density at radius 3 is 2.76 bits per heavy atom. The third-order valence-electron chi connectivity index (χ3n) is 4.18. The van der Waals surface area contributed by atoms with Gasteiger partial charge in [0.1, 0.15) is 0 Å². The van der Waals surface area contributed by atoms with E-state index < -0.39 is 0 Å². The Morgan fingerprint density at radius 1 is 1.32 bits per heavy atom. The van der Waals surface area contributed by atoms with Crippen LogP contribution in [0.4, 0.5) is 0 Å². The van der Waals surface area contributed by atoms with Gasteiger partial charge < -0.3 is 15.0 Å². The molecule has 6 heteroatoms. The summed E-state index contributed by atoms with van der Waals surface area (Å²) < 4.78 is 5.18. The zero-order valence-electron chi connectivity index (χ0n) is 15.2. The first-order valence-corrected chi connectivity index (χ1v) is 8.98. The molecule has 1 heterocycles. The van der Waals surface area contributed by atoms with E-state index in [1.165, 1.54) is 5.56 Å². The SMILES string of the molecule is CCNC(=NCCc1ccccc1)N1CCC[C@@H](C(=O)OCC)C1.I. The van der Waals surface area contributed by atoms with Crippen LogP contribution in [0.3, 0.4) is 0 Å². The molecule has 1 atom stereocenters. The largest absolute Gasteiger partial charge is 0.466 e. The molecule has 0 unspecified atom stereocenters. The zero-order chi connectivity index (χ0) is 17.2. The van der Waals surface area contributed by atoms with Crippen LogP contribution in [0.1, 0.15) is 32.3 Å². The van der Waals surface area contributed by atoms with Crippen molar-refractivity contribution in [1.82, 2.24) is 10.2 Å². The molecular formula is C19H30IN3O2. The lowest BCUT2D eigenvalue weighted by Crippen LogP contribution is -2.48. The molecule has 1 aromatic rings. The second-order valence-electron chi connectivity index (χ2n) is 6.01. The van der Waals surface area contributed by atoms with Crippen LogP contribution in [-0.2, 0) is 16.0 Å². The van der Waals surface area contributed by atoms with Crippen molar-refractivity contribution in [1.29, 1.82) is 0 Å². The summed E-state index contributed by atoms with van der Waals surface area (Å²) in [4.78, 5) is 19.0. The van der Waals surface area contributed by atoms with Gasteiger partial charge in [-0.2, -0.15) is 0 Å². The minimum absolute atomic E-state index is 0. The summed E-state index contributed by atoms with van der Waals surface area (Å²) in [6, 6.07) is 10.4. The van der Waals surface area contributed by atoms with Crippen molar-refractivity contribution >= 4 is 35.9 Å². The quantitative estimate of drug-likeness (QED) is 0.308. The smallest absolute Gasteiger partial charge is 0.310 e. The van der Waals surface area contributed by atoms with Crippen molar-refractivity contribution in [3.8, 4) is 0 Å². The highest BCUT2D eigenvalue weighted by Gasteiger charge is 2.28. The Balaban J connectivity index is 0.00000312. The summed E-state index contributed by atoms with van der Waals surface area (Å²) in [6.07, 6.45) is 2.82. The first kappa shape index (κ1) is 21.7. The lowest BCUT2D eigenvalue weighted by atomic mass is 9.98. The minimum Gasteiger partial charge on any atom is -0.466 e. The molecule has 0 amide bonds. The van der Waals surface area contributed by atoms with E-state index in [9.17, 15) is 4.79 Å². The molecule has 5 nitrogen and oxygen atoms in total. The summed E-state index contributed by atoms with van der Waals surface area (Å²) in [5.74, 6) is 0.779. The molecule has 0 aromatic heterocycles. The third kappa shape index (κ3) is 7.22. The first-order chi connectivity index (χ1) is 11.7. The second kappa shape index (κ2) is 12.1. The van der Waals surface area contributed by atoms with Gasteiger partial charge in [-0.15, -0.1) is 24.0 Å². The maximum absolute atomic E-state index is 12.0. The molecule has 0 spiro atoms. The average Bonchev–Trinajstić information content (AvgIpc) is 2.62. The van der Waals surface area contributed by atoms with Crippen molar-refractivity contribution < 1.29 is 9.53 Å². The molecule has 1 aromatic carbocycles. The van der Waals surface area contributed by atoms with E-state index in [4.69, 9.17) is 9.73 Å². The number of halogens is 1. The fourth-order valence-electron chi connectivity index (χ4n) is 2.98. The number of hydrogen-bond donors (Lipinski definition) is 1. The highest BCUT2D eigenvalue weighted by Crippen LogP contribution is 2.18. The monoisotopic (exact) mass is 459 g/mol. The van der Waals surface area contributed by atoms with E-state index in [1.54, 1.807) is 0 Å². The van der Waals surface area contributed by atoms with Gasteiger partial charge >= 0.3 is 5.97 Å². The molecule has 1 aliphatic rings. The number of carbonyl (C=O) groups excluding carboxylic acids is 1. The van der Waals surface area contributed by atoms with Crippen molar-refractivity contribution in [2.75, 3.05) is 32.8 Å². The minimum atomic E-state index is -0.0812. The highest BCUT2D eigenvalue weighted by atomic mass is 127. The van der Waals surface area contributed by atoms with E-state index in [-0.39, 0.29) is 35.9 Å². The van der Waals surface area contributed by atoms with Gasteiger partial charge in [0.05, 0.1) is 12.5 Å². The van der Waals surface area contributed by atoms with E-state index in [0.29, 0.717) is 13.2 Å². The molecule has 1 saturated heterocycles. The average molecular weight is 459 g/mol. The number of aliphatic imine (C=N–C) groups is 1. The van der Waals surface area contributed by atoms with Crippen LogP contribution in [0.5, 0.6) is 0 Å². The second-order valence-corrected chi connectivity index (χ2v) is 6.01. The van der Waals surface area contributed by atoms with E-state index in [2.05, 4.69) is 41.4 Å². The van der Waals surface area contributed by atoms with Gasteiger partial charge in [0.15, 0.2) is 5.96 Å². The van der Waals surface area contributed by atoms with Crippen LogP contribution in [0.15, 0.2) is 35.3 Å². The van der Waals surface area contributed by atoms with E-state index in [1.807, 2.05) is 13.0 Å². The third-order valence-corrected chi connectivity index (χ3v) is 4.18. The Labute approximate surface area is 168 Å². The van der Waals surface area contributed by atoms with Crippen molar-refractivity contribution in [2.24, 2.45) is 10.9 Å². The van der Waals surface area contributed by atoms with Gasteiger partial charge in [0.25, 0.3) is 0 Å². The summed E-state index contributed by atoms with van der Waals surface area (Å²) in [5.41, 5.74) is 1.29. The maximum Gasteiger partial charge on any atom is 0.310 e. The highest BCUT2D eigenvalue weighted by molar-refractivity contribution is 14.0. The molecule has 140 valence electrons. The molecule has 1 N–H and O–H groups in total. The number of ether oxygens (including phenoxy) is 1. The van der Waals surface area contributed by atoms with Gasteiger partial charge in [-0.25, -0.2) is 0 Å². The number of rotatable bonds is 6. The molecule has 0 radical (unpaired) electrons. The Kier molecular flexibility index (Phi) is 10.5. The number of esters is 1. The lowest BCUT2D eigenvalue weighted by molar-refractivity contribution is -0.149. The van der Waals surface area contributed by atoms with Gasteiger partial charge in [0, 0.05) is 26.2 Å². The number of benzene rings is 1. The summed E-state index contributed by atoms with van der Waals surface area (Å²) in [6.45, 7) is 7.56. The van der Waals surface area contributed by atoms with Gasteiger partial charge in [0.2, 0.25) is 0 Å². The fraction of sp³-hybridized carbons (Fsp3) is 0.579. The van der Waals surface area contributed by atoms with Crippen LogP contribution in [-0.4, -0.2) is 49.6 Å². The molecule has 2 rings (SSSR count). The Morgan fingerprint density at radius 2 is 2.08 bits per heavy atom. The number of nitrogens with one attached hydrogen (secondary N) is 1. The first-order valence-electron chi connectivity index (χ1n) is 8.98. The lowest BCUT2D eigenvalue weighted by Gasteiger charge is -2.34. The zero-order valence-corrected chi connectivity index (χ0v) is 17.6. The van der Waals surface area contributed by atoms with Crippen molar-refractivity contribution in [3.63, 3.8) is 0 Å². The maximum atomic E-state index is 12.0. The number of piperidine rings is 1. The molecule has 0 aliphatic carbocycles. The fourth-order valence-corrected chi connectivity index (χ4v) is 2.98. The summed E-state index contributed by atoms with van der Waals surface area (Å²) >= 11 is 0. The molecule has 1 aliphatic heterocycles. The van der Waals surface area contributed by atoms with Gasteiger partial charge in [-0.3, -0.25) is 9.79 Å². The topological polar surface area (TPSA) is 53.9 Å². The molecule has 0 saturated carbocycles. The number of guanidine groups is 1. The Hall–Kier alpha value is -1.31. The predicted octanol–water partition coefficient (Wildman–Crippen LogP) is 3.09. The van der Waals surface area contributed by atoms with Crippen LogP contribution in [0.2, 0.25) is 0 Å². The number of carbonyl (C=O) groups is 1. The molecule has 1 fully saturated rings. The van der Waals surface area contributed by atoms with Crippen LogP contribution in [0.25, 0.3) is 0 Å². The standard InChI is InChI=1S/C19H29N3O2.HI/c1-3-20-19(21-13-12-16-9-6-5-7-10-16)22-14-8-11-17(15-22)18(23)24-4-2;/h5-7,9-10,17H,3-4,8,11-15H2,1-2H3,(H,20,21);1H/t17-;/m1./s1. The van der Waals surface area contributed by atoms with E-state index >= 15 is 0 Å².